The predicted octanol–water partition coefficient (Wildman–Crippen LogP) is 5.63. The van der Waals surface area contributed by atoms with Gasteiger partial charge >= 0.3 is 5.97 Å². The molecule has 1 aliphatic heterocycles. The van der Waals surface area contributed by atoms with E-state index in [9.17, 15) is 9.59 Å². The Labute approximate surface area is 272 Å². The van der Waals surface area contributed by atoms with Crippen LogP contribution in [0.4, 0.5) is 0 Å². The Morgan fingerprint density at radius 1 is 0.674 bits per heavy atom. The number of nitrogens with zero attached hydrogens (tertiary/aromatic N) is 4. The minimum absolute atomic E-state index is 0.0132. The first-order chi connectivity index (χ1) is 22.7. The third kappa shape index (κ3) is 9.80. The summed E-state index contributed by atoms with van der Waals surface area (Å²) >= 11 is 0. The Morgan fingerprint density at radius 3 is 1.80 bits per heavy atom. The Morgan fingerprint density at radius 2 is 1.24 bits per heavy atom. The molecule has 240 valence electrons. The van der Waals surface area contributed by atoms with Crippen LogP contribution in [0.1, 0.15) is 66.3 Å². The fraction of sp³-hybridized carbons (Fsp3) is 0.368. The van der Waals surface area contributed by atoms with E-state index in [1.54, 1.807) is 12.4 Å². The number of aromatic nitrogens is 2. The molecule has 0 aliphatic carbocycles. The highest BCUT2D eigenvalue weighted by Crippen LogP contribution is 2.30. The monoisotopic (exact) mass is 619 g/mol. The van der Waals surface area contributed by atoms with E-state index in [1.165, 1.54) is 22.3 Å². The molecule has 2 aromatic heterocycles. The van der Waals surface area contributed by atoms with Gasteiger partial charge in [-0.2, -0.15) is 0 Å². The standard InChI is InChI=1S/C38H45N5O3/c44-36(42-22-24-43(25-23-42)38(31-13-5-3-6-14-31)32-15-7-4-8-16-32)29-41-30-37(45)46-26-10-2-1-9-19-35(33-17-11-20-39-27-33)34-18-12-21-40-28-34/h3-8,11-18,20-21,27-28,35,38,41H,1-2,9-10,19,22-26,29-30H2. The molecule has 1 aliphatic rings. The molecule has 0 radical (unpaired) electrons. The van der Waals surface area contributed by atoms with Crippen molar-refractivity contribution in [3.05, 3.63) is 132 Å². The van der Waals surface area contributed by atoms with E-state index < -0.39 is 0 Å². The molecule has 4 aromatic rings. The summed E-state index contributed by atoms with van der Waals surface area (Å²) in [4.78, 5) is 38.1. The first-order valence-electron chi connectivity index (χ1n) is 16.5. The molecule has 2 aromatic carbocycles. The zero-order chi connectivity index (χ0) is 31.8. The molecule has 46 heavy (non-hydrogen) atoms. The number of hydrogen-bond donors (Lipinski definition) is 1. The van der Waals surface area contributed by atoms with Crippen molar-refractivity contribution >= 4 is 11.9 Å². The van der Waals surface area contributed by atoms with Crippen LogP contribution in [0.5, 0.6) is 0 Å². The highest BCUT2D eigenvalue weighted by Gasteiger charge is 2.28. The van der Waals surface area contributed by atoms with Gasteiger partial charge in [-0.3, -0.25) is 29.8 Å². The molecule has 8 nitrogen and oxygen atoms in total. The normalized spacial score (nSPS) is 13.7. The lowest BCUT2D eigenvalue weighted by molar-refractivity contribution is -0.142. The number of esters is 1. The maximum absolute atomic E-state index is 12.9. The number of amides is 1. The number of ether oxygens (including phenoxy) is 1. The smallest absolute Gasteiger partial charge is 0.319 e. The minimum atomic E-state index is -0.320. The molecule has 1 N–H and O–H groups in total. The number of benzene rings is 2. The summed E-state index contributed by atoms with van der Waals surface area (Å²) in [5.74, 6) is -0.0305. The summed E-state index contributed by atoms with van der Waals surface area (Å²) in [5.41, 5.74) is 4.92. The molecular formula is C38H45N5O3. The van der Waals surface area contributed by atoms with Crippen molar-refractivity contribution in [3.8, 4) is 0 Å². The van der Waals surface area contributed by atoms with Gasteiger partial charge in [0, 0.05) is 56.9 Å². The molecule has 5 rings (SSSR count). The van der Waals surface area contributed by atoms with Crippen molar-refractivity contribution in [2.75, 3.05) is 45.9 Å². The van der Waals surface area contributed by atoms with Gasteiger partial charge in [0.05, 0.1) is 25.7 Å². The second-order valence-electron chi connectivity index (χ2n) is 11.8. The largest absolute Gasteiger partial charge is 0.465 e. The summed E-state index contributed by atoms with van der Waals surface area (Å²) in [6.07, 6.45) is 12.4. The van der Waals surface area contributed by atoms with E-state index in [-0.39, 0.29) is 36.9 Å². The van der Waals surface area contributed by atoms with Gasteiger partial charge < -0.3 is 9.64 Å². The Bertz CT molecular complexity index is 1370. The number of hydrogen-bond acceptors (Lipinski definition) is 7. The van der Waals surface area contributed by atoms with Crippen LogP contribution in [0, 0.1) is 0 Å². The molecule has 1 fully saturated rings. The average Bonchev–Trinajstić information content (AvgIpc) is 3.11. The zero-order valence-electron chi connectivity index (χ0n) is 26.5. The molecule has 0 bridgehead atoms. The molecule has 1 saturated heterocycles. The van der Waals surface area contributed by atoms with Crippen molar-refractivity contribution in [2.24, 2.45) is 0 Å². The molecule has 0 atom stereocenters. The summed E-state index contributed by atoms with van der Waals surface area (Å²) < 4.78 is 5.41. The minimum Gasteiger partial charge on any atom is -0.465 e. The maximum atomic E-state index is 12.9. The molecule has 0 spiro atoms. The third-order valence-electron chi connectivity index (χ3n) is 8.63. The maximum Gasteiger partial charge on any atom is 0.319 e. The Hall–Kier alpha value is -4.40. The quantitative estimate of drug-likeness (QED) is 0.129. The van der Waals surface area contributed by atoms with Gasteiger partial charge in [-0.25, -0.2) is 0 Å². The van der Waals surface area contributed by atoms with Gasteiger partial charge in [-0.1, -0.05) is 92.1 Å². The molecular weight excluding hydrogens is 574 g/mol. The van der Waals surface area contributed by atoms with Crippen LogP contribution >= 0.6 is 0 Å². The lowest BCUT2D eigenvalue weighted by atomic mass is 9.88. The van der Waals surface area contributed by atoms with E-state index in [1.807, 2.05) is 41.6 Å². The highest BCUT2D eigenvalue weighted by molar-refractivity contribution is 5.79. The van der Waals surface area contributed by atoms with E-state index in [0.29, 0.717) is 19.7 Å². The summed E-state index contributed by atoms with van der Waals surface area (Å²) in [5, 5.41) is 2.98. The van der Waals surface area contributed by atoms with Crippen molar-refractivity contribution < 1.29 is 14.3 Å². The van der Waals surface area contributed by atoms with Crippen LogP contribution in [-0.4, -0.2) is 77.5 Å². The van der Waals surface area contributed by atoms with Gasteiger partial charge in [0.25, 0.3) is 0 Å². The van der Waals surface area contributed by atoms with E-state index >= 15 is 0 Å². The van der Waals surface area contributed by atoms with E-state index in [4.69, 9.17) is 4.74 Å². The van der Waals surface area contributed by atoms with Crippen molar-refractivity contribution in [2.45, 2.75) is 44.1 Å². The second-order valence-corrected chi connectivity index (χ2v) is 11.8. The van der Waals surface area contributed by atoms with Gasteiger partial charge in [-0.15, -0.1) is 0 Å². The first kappa shape index (κ1) is 33.0. The van der Waals surface area contributed by atoms with Crippen LogP contribution in [0.15, 0.2) is 110 Å². The zero-order valence-corrected chi connectivity index (χ0v) is 26.5. The van der Waals surface area contributed by atoms with Gasteiger partial charge in [-0.05, 0) is 47.2 Å². The van der Waals surface area contributed by atoms with Gasteiger partial charge in [0.1, 0.15) is 0 Å². The molecule has 8 heteroatoms. The SMILES string of the molecule is O=C(CNCC(=O)N1CCN(C(c2ccccc2)c2ccccc2)CC1)OCCCCCCC(c1cccnc1)c1cccnc1. The van der Waals surface area contributed by atoms with E-state index in [0.717, 1.165) is 45.2 Å². The van der Waals surface area contributed by atoms with Crippen LogP contribution in [-0.2, 0) is 14.3 Å². The average molecular weight is 620 g/mol. The highest BCUT2D eigenvalue weighted by atomic mass is 16.5. The molecule has 1 amide bonds. The number of piperazine rings is 1. The second kappa shape index (κ2) is 17.9. The predicted molar refractivity (Wildman–Crippen MR) is 180 cm³/mol. The van der Waals surface area contributed by atoms with Crippen LogP contribution in [0.3, 0.4) is 0 Å². The van der Waals surface area contributed by atoms with Crippen molar-refractivity contribution in [1.82, 2.24) is 25.1 Å². The number of carbonyl (C=O) groups excluding carboxylic acids is 2. The number of rotatable bonds is 16. The first-order valence-corrected chi connectivity index (χ1v) is 16.5. The summed E-state index contributed by atoms with van der Waals surface area (Å²) in [6, 6.07) is 29.4. The summed E-state index contributed by atoms with van der Waals surface area (Å²) in [6.45, 7) is 3.46. The Kier molecular flexibility index (Phi) is 12.8. The lowest BCUT2D eigenvalue weighted by Crippen LogP contribution is -2.51. The molecule has 0 unspecified atom stereocenters. The number of pyridine rings is 2. The van der Waals surface area contributed by atoms with Crippen molar-refractivity contribution in [1.29, 1.82) is 0 Å². The van der Waals surface area contributed by atoms with Crippen LogP contribution in [0.2, 0.25) is 0 Å². The van der Waals surface area contributed by atoms with Gasteiger partial charge in [0.15, 0.2) is 0 Å². The molecule has 3 heterocycles. The fourth-order valence-electron chi connectivity index (χ4n) is 6.23. The topological polar surface area (TPSA) is 87.7 Å². The van der Waals surface area contributed by atoms with Crippen LogP contribution < -0.4 is 5.32 Å². The number of unbranched alkanes of at least 4 members (excludes halogenated alkanes) is 3. The van der Waals surface area contributed by atoms with Crippen LogP contribution in [0.25, 0.3) is 0 Å². The number of carbonyl (C=O) groups is 2. The third-order valence-corrected chi connectivity index (χ3v) is 8.63. The fourth-order valence-corrected chi connectivity index (χ4v) is 6.23. The van der Waals surface area contributed by atoms with Crippen molar-refractivity contribution in [3.63, 3.8) is 0 Å². The lowest BCUT2D eigenvalue weighted by Gasteiger charge is -2.39. The van der Waals surface area contributed by atoms with Gasteiger partial charge in [0.2, 0.25) is 5.91 Å². The summed E-state index contributed by atoms with van der Waals surface area (Å²) in [7, 11) is 0. The van der Waals surface area contributed by atoms with E-state index in [2.05, 4.69) is 80.8 Å². The molecule has 0 saturated carbocycles. The Balaban J connectivity index is 0.949. The number of nitrogens with one attached hydrogen (secondary N) is 1.